The molecule has 2 rings (SSSR count). The maximum absolute atomic E-state index is 6.07. The molecule has 3 nitrogen and oxygen atoms in total. The molecule has 1 aliphatic carbocycles. The van der Waals surface area contributed by atoms with E-state index in [0.717, 1.165) is 22.9 Å². The molecule has 1 aliphatic rings. The summed E-state index contributed by atoms with van der Waals surface area (Å²) >= 11 is 0. The number of hydrogen-bond acceptors (Lipinski definition) is 3. The number of nitrogens with zero attached hydrogens (tertiary/aromatic N) is 2. The lowest BCUT2D eigenvalue weighted by Gasteiger charge is -2.12. The predicted octanol–water partition coefficient (Wildman–Crippen LogP) is 2.37. The molecule has 0 unspecified atom stereocenters. The van der Waals surface area contributed by atoms with Crippen LogP contribution in [0.15, 0.2) is 0 Å². The van der Waals surface area contributed by atoms with Crippen LogP contribution in [-0.2, 0) is 0 Å². The Morgan fingerprint density at radius 1 is 1.29 bits per heavy atom. The van der Waals surface area contributed by atoms with Gasteiger partial charge in [-0.3, -0.25) is 0 Å². The molecule has 1 aromatic heterocycles. The first-order chi connectivity index (χ1) is 6.59. The van der Waals surface area contributed by atoms with Gasteiger partial charge in [0.05, 0.1) is 17.1 Å². The van der Waals surface area contributed by atoms with E-state index in [1.807, 2.05) is 6.92 Å². The monoisotopic (exact) mass is 191 g/mol. The van der Waals surface area contributed by atoms with E-state index in [9.17, 15) is 0 Å². The van der Waals surface area contributed by atoms with Crippen molar-refractivity contribution in [1.82, 2.24) is 9.97 Å². The second-order valence-electron chi connectivity index (χ2n) is 4.38. The second-order valence-corrected chi connectivity index (χ2v) is 4.38. The first-order valence-corrected chi connectivity index (χ1v) is 5.23. The minimum absolute atomic E-state index is 0.384. The van der Waals surface area contributed by atoms with Crippen LogP contribution >= 0.6 is 0 Å². The van der Waals surface area contributed by atoms with Gasteiger partial charge in [0.25, 0.3) is 0 Å². The number of aryl methyl sites for hydroxylation is 1. The molecule has 1 saturated carbocycles. The zero-order chi connectivity index (χ0) is 10.3. The Labute approximate surface area is 84.8 Å². The van der Waals surface area contributed by atoms with E-state index in [1.54, 1.807) is 0 Å². The maximum Gasteiger partial charge on any atom is 0.125 e. The van der Waals surface area contributed by atoms with Crippen molar-refractivity contribution >= 4 is 5.69 Å². The van der Waals surface area contributed by atoms with Gasteiger partial charge in [0.2, 0.25) is 0 Å². The molecule has 1 aromatic rings. The van der Waals surface area contributed by atoms with Crippen LogP contribution in [0.4, 0.5) is 5.69 Å². The molecule has 0 spiro atoms. The summed E-state index contributed by atoms with van der Waals surface area (Å²) in [6.45, 7) is 6.18. The highest BCUT2D eigenvalue weighted by Gasteiger charge is 2.29. The summed E-state index contributed by atoms with van der Waals surface area (Å²) in [5.74, 6) is 1.84. The molecule has 0 amide bonds. The predicted molar refractivity (Wildman–Crippen MR) is 57.2 cm³/mol. The van der Waals surface area contributed by atoms with E-state index in [0.29, 0.717) is 11.8 Å². The van der Waals surface area contributed by atoms with Crippen LogP contribution in [0.25, 0.3) is 0 Å². The number of nitrogens with two attached hydrogens (primary N) is 1. The van der Waals surface area contributed by atoms with Gasteiger partial charge in [0.15, 0.2) is 0 Å². The summed E-state index contributed by atoms with van der Waals surface area (Å²) < 4.78 is 0. The average molecular weight is 191 g/mol. The van der Waals surface area contributed by atoms with Crippen LogP contribution in [0.3, 0.4) is 0 Å². The molecule has 0 saturated heterocycles. The van der Waals surface area contributed by atoms with Gasteiger partial charge < -0.3 is 5.73 Å². The van der Waals surface area contributed by atoms with Gasteiger partial charge in [-0.2, -0.15) is 0 Å². The third-order valence-corrected chi connectivity index (χ3v) is 2.63. The summed E-state index contributed by atoms with van der Waals surface area (Å²) in [4.78, 5) is 8.85. The van der Waals surface area contributed by atoms with Gasteiger partial charge >= 0.3 is 0 Å². The lowest BCUT2D eigenvalue weighted by molar-refractivity contribution is 0.792. The Bertz CT molecular complexity index is 331. The highest BCUT2D eigenvalue weighted by atomic mass is 14.9. The topological polar surface area (TPSA) is 51.8 Å². The number of hydrogen-bond donors (Lipinski definition) is 1. The molecule has 14 heavy (non-hydrogen) atoms. The molecule has 1 fully saturated rings. The molecule has 2 N–H and O–H groups in total. The summed E-state index contributed by atoms with van der Waals surface area (Å²) in [6, 6.07) is 0. The van der Waals surface area contributed by atoms with E-state index in [2.05, 4.69) is 23.8 Å². The van der Waals surface area contributed by atoms with Crippen molar-refractivity contribution in [3.05, 3.63) is 17.2 Å². The minimum Gasteiger partial charge on any atom is -0.396 e. The smallest absolute Gasteiger partial charge is 0.125 e. The molecule has 0 aromatic carbocycles. The van der Waals surface area contributed by atoms with E-state index in [4.69, 9.17) is 5.73 Å². The highest BCUT2D eigenvalue weighted by molar-refractivity contribution is 5.51. The van der Waals surface area contributed by atoms with Gasteiger partial charge in [0, 0.05) is 5.92 Å². The van der Waals surface area contributed by atoms with E-state index >= 15 is 0 Å². The molecular weight excluding hydrogens is 174 g/mol. The zero-order valence-corrected chi connectivity index (χ0v) is 9.04. The molecule has 3 heteroatoms. The summed E-state index contributed by atoms with van der Waals surface area (Å²) in [6.07, 6.45) is 2.47. The van der Waals surface area contributed by atoms with Gasteiger partial charge in [0.1, 0.15) is 5.82 Å². The van der Waals surface area contributed by atoms with Crippen molar-refractivity contribution < 1.29 is 0 Å². The fraction of sp³-hybridized carbons (Fsp3) is 0.636. The maximum atomic E-state index is 6.07. The first-order valence-electron chi connectivity index (χ1n) is 5.23. The Morgan fingerprint density at radius 2 is 1.93 bits per heavy atom. The van der Waals surface area contributed by atoms with E-state index in [1.165, 1.54) is 12.8 Å². The molecule has 0 atom stereocenters. The van der Waals surface area contributed by atoms with Crippen molar-refractivity contribution in [2.45, 2.75) is 45.4 Å². The number of anilines is 1. The summed E-state index contributed by atoms with van der Waals surface area (Å²) in [7, 11) is 0. The van der Waals surface area contributed by atoms with Gasteiger partial charge in [-0.1, -0.05) is 13.8 Å². The number of aromatic nitrogens is 2. The molecule has 0 bridgehead atoms. The zero-order valence-electron chi connectivity index (χ0n) is 9.04. The van der Waals surface area contributed by atoms with Crippen LogP contribution in [0.2, 0.25) is 0 Å². The Morgan fingerprint density at radius 3 is 2.43 bits per heavy atom. The van der Waals surface area contributed by atoms with Crippen molar-refractivity contribution in [3.8, 4) is 0 Å². The van der Waals surface area contributed by atoms with Crippen LogP contribution in [0.5, 0.6) is 0 Å². The van der Waals surface area contributed by atoms with Crippen molar-refractivity contribution in [2.75, 3.05) is 5.73 Å². The fourth-order valence-corrected chi connectivity index (χ4v) is 1.73. The van der Waals surface area contributed by atoms with E-state index in [-0.39, 0.29) is 0 Å². The van der Waals surface area contributed by atoms with Gasteiger partial charge in [-0.15, -0.1) is 0 Å². The standard InChI is InChI=1S/C11H17N3/c1-6(2)10-9(12)11(8-4-5-8)14-7(3)13-10/h6,8H,4-5,12H2,1-3H3. The highest BCUT2D eigenvalue weighted by Crippen LogP contribution is 2.42. The Balaban J connectivity index is 2.49. The van der Waals surface area contributed by atoms with Gasteiger partial charge in [-0.05, 0) is 25.7 Å². The Hall–Kier alpha value is -1.12. The van der Waals surface area contributed by atoms with Crippen LogP contribution < -0.4 is 5.73 Å². The lowest BCUT2D eigenvalue weighted by Crippen LogP contribution is -2.08. The third kappa shape index (κ3) is 1.59. The molecule has 0 radical (unpaired) electrons. The van der Waals surface area contributed by atoms with Crippen molar-refractivity contribution in [1.29, 1.82) is 0 Å². The first kappa shape index (κ1) is 9.44. The third-order valence-electron chi connectivity index (χ3n) is 2.63. The second kappa shape index (κ2) is 3.23. The quantitative estimate of drug-likeness (QED) is 0.780. The van der Waals surface area contributed by atoms with Gasteiger partial charge in [-0.25, -0.2) is 9.97 Å². The van der Waals surface area contributed by atoms with Crippen LogP contribution in [0.1, 0.15) is 55.7 Å². The lowest BCUT2D eigenvalue weighted by atomic mass is 10.1. The Kier molecular flexibility index (Phi) is 2.17. The fourth-order valence-electron chi connectivity index (χ4n) is 1.73. The minimum atomic E-state index is 0.384. The molecule has 1 heterocycles. The normalized spacial score (nSPS) is 16.3. The van der Waals surface area contributed by atoms with E-state index < -0.39 is 0 Å². The van der Waals surface area contributed by atoms with Crippen LogP contribution in [-0.4, -0.2) is 9.97 Å². The molecule has 76 valence electrons. The summed E-state index contributed by atoms with van der Waals surface area (Å²) in [5, 5.41) is 0. The number of nitrogen functional groups attached to an aromatic ring is 1. The van der Waals surface area contributed by atoms with Crippen molar-refractivity contribution in [2.24, 2.45) is 0 Å². The average Bonchev–Trinajstić information content (AvgIpc) is 2.91. The van der Waals surface area contributed by atoms with Crippen molar-refractivity contribution in [3.63, 3.8) is 0 Å². The molecular formula is C11H17N3. The SMILES string of the molecule is Cc1nc(C(C)C)c(N)c(C2CC2)n1. The largest absolute Gasteiger partial charge is 0.396 e. The van der Waals surface area contributed by atoms with Crippen LogP contribution in [0, 0.1) is 6.92 Å². The summed E-state index contributed by atoms with van der Waals surface area (Å²) in [5.41, 5.74) is 8.99. The number of rotatable bonds is 2. The molecule has 0 aliphatic heterocycles.